The smallest absolute Gasteiger partial charge is 0.240 e. The second-order valence-corrected chi connectivity index (χ2v) is 7.76. The van der Waals surface area contributed by atoms with Crippen molar-refractivity contribution in [1.82, 2.24) is 4.72 Å². The van der Waals surface area contributed by atoms with Crippen LogP contribution in [0.15, 0.2) is 53.4 Å². The van der Waals surface area contributed by atoms with Crippen LogP contribution in [0.4, 0.5) is 5.69 Å². The van der Waals surface area contributed by atoms with Crippen molar-refractivity contribution < 1.29 is 17.9 Å². The normalized spacial score (nSPS) is 17.8. The van der Waals surface area contributed by atoms with Gasteiger partial charge in [0, 0.05) is 30.8 Å². The van der Waals surface area contributed by atoms with E-state index in [9.17, 15) is 13.2 Å². The maximum atomic E-state index is 12.5. The number of hydrogen-bond acceptors (Lipinski definition) is 4. The van der Waals surface area contributed by atoms with Gasteiger partial charge >= 0.3 is 0 Å². The molecular weight excluding hydrogens is 340 g/mol. The van der Waals surface area contributed by atoms with Crippen molar-refractivity contribution in [1.29, 1.82) is 0 Å². The molecule has 1 saturated heterocycles. The van der Waals surface area contributed by atoms with E-state index in [0.717, 1.165) is 5.56 Å². The number of methoxy groups -OCH3 is 1. The molecule has 2 aromatic rings. The Kier molecular flexibility index (Phi) is 4.78. The predicted molar refractivity (Wildman–Crippen MR) is 95.3 cm³/mol. The molecule has 1 aliphatic rings. The maximum Gasteiger partial charge on any atom is 0.240 e. The summed E-state index contributed by atoms with van der Waals surface area (Å²) in [5, 5.41) is 0. The van der Waals surface area contributed by atoms with E-state index in [1.54, 1.807) is 60.5 Å². The van der Waals surface area contributed by atoms with Crippen LogP contribution in [0.3, 0.4) is 0 Å². The molecule has 1 N–H and O–H groups in total. The number of sulfonamides is 1. The highest BCUT2D eigenvalue weighted by atomic mass is 32.2. The van der Waals surface area contributed by atoms with Crippen LogP contribution in [-0.4, -0.2) is 34.0 Å². The van der Waals surface area contributed by atoms with Crippen molar-refractivity contribution in [2.24, 2.45) is 0 Å². The Morgan fingerprint density at radius 2 is 1.88 bits per heavy atom. The fraction of sp³-hybridized carbons (Fsp3) is 0.278. The lowest BCUT2D eigenvalue weighted by Gasteiger charge is -2.18. The maximum absolute atomic E-state index is 12.5. The average molecular weight is 360 g/mol. The lowest BCUT2D eigenvalue weighted by Crippen LogP contribution is -2.37. The molecule has 0 aromatic heterocycles. The number of hydrogen-bond donors (Lipinski definition) is 1. The molecule has 1 amide bonds. The summed E-state index contributed by atoms with van der Waals surface area (Å²) in [6.07, 6.45) is 0.127. The van der Waals surface area contributed by atoms with Crippen molar-refractivity contribution in [3.05, 3.63) is 54.1 Å². The van der Waals surface area contributed by atoms with Crippen LogP contribution in [0.2, 0.25) is 0 Å². The van der Waals surface area contributed by atoms with E-state index in [-0.39, 0.29) is 23.8 Å². The van der Waals surface area contributed by atoms with Crippen molar-refractivity contribution in [2.75, 3.05) is 18.6 Å². The van der Waals surface area contributed by atoms with Gasteiger partial charge in [0.1, 0.15) is 5.75 Å². The first-order valence-corrected chi connectivity index (χ1v) is 9.41. The molecule has 0 spiro atoms. The van der Waals surface area contributed by atoms with Gasteiger partial charge in [-0.25, -0.2) is 13.1 Å². The molecule has 1 atom stereocenters. The zero-order chi connectivity index (χ0) is 18.0. The highest BCUT2D eigenvalue weighted by molar-refractivity contribution is 7.89. The summed E-state index contributed by atoms with van der Waals surface area (Å²) in [5.74, 6) is 0.527. The van der Waals surface area contributed by atoms with Gasteiger partial charge in [-0.05, 0) is 31.2 Å². The van der Waals surface area contributed by atoms with Crippen LogP contribution in [-0.2, 0) is 14.8 Å². The molecule has 1 fully saturated rings. The number of carbonyl (C=O) groups excluding carboxylic acids is 1. The number of rotatable bonds is 5. The number of aryl methyl sites for hydroxylation is 1. The third-order valence-electron chi connectivity index (χ3n) is 4.14. The summed E-state index contributed by atoms with van der Waals surface area (Å²) < 4.78 is 32.8. The molecule has 1 aliphatic heterocycles. The van der Waals surface area contributed by atoms with Gasteiger partial charge in [0.05, 0.1) is 12.0 Å². The van der Waals surface area contributed by atoms with Crippen LogP contribution in [0.1, 0.15) is 12.0 Å². The van der Waals surface area contributed by atoms with E-state index in [0.29, 0.717) is 11.4 Å². The Morgan fingerprint density at radius 1 is 1.16 bits per heavy atom. The number of amides is 1. The van der Waals surface area contributed by atoms with E-state index in [4.69, 9.17) is 4.74 Å². The third kappa shape index (κ3) is 3.83. The van der Waals surface area contributed by atoms with Crippen molar-refractivity contribution in [2.45, 2.75) is 24.3 Å². The molecule has 0 saturated carbocycles. The Morgan fingerprint density at radius 3 is 2.56 bits per heavy atom. The van der Waals surface area contributed by atoms with E-state index in [2.05, 4.69) is 4.72 Å². The van der Waals surface area contributed by atoms with Gasteiger partial charge in [-0.3, -0.25) is 4.79 Å². The summed E-state index contributed by atoms with van der Waals surface area (Å²) in [4.78, 5) is 14.1. The predicted octanol–water partition coefficient (Wildman–Crippen LogP) is 2.09. The number of nitrogens with zero attached hydrogens (tertiary/aromatic N) is 1. The van der Waals surface area contributed by atoms with E-state index in [1.165, 1.54) is 0 Å². The average Bonchev–Trinajstić information content (AvgIpc) is 2.95. The lowest BCUT2D eigenvalue weighted by atomic mass is 10.2. The van der Waals surface area contributed by atoms with Crippen molar-refractivity contribution >= 4 is 21.6 Å². The Bertz CT molecular complexity index is 878. The van der Waals surface area contributed by atoms with E-state index >= 15 is 0 Å². The molecule has 25 heavy (non-hydrogen) atoms. The molecule has 0 bridgehead atoms. The minimum atomic E-state index is -3.66. The Hall–Kier alpha value is -2.38. The Labute approximate surface area is 147 Å². The minimum Gasteiger partial charge on any atom is -0.497 e. The highest BCUT2D eigenvalue weighted by Gasteiger charge is 2.33. The molecule has 132 valence electrons. The van der Waals surface area contributed by atoms with Gasteiger partial charge < -0.3 is 9.64 Å². The van der Waals surface area contributed by atoms with Gasteiger partial charge in [0.2, 0.25) is 15.9 Å². The summed E-state index contributed by atoms with van der Waals surface area (Å²) in [7, 11) is -2.10. The molecule has 2 aromatic carbocycles. The molecule has 6 nitrogen and oxygen atoms in total. The van der Waals surface area contributed by atoms with Crippen LogP contribution < -0.4 is 14.4 Å². The number of ether oxygens (including phenoxy) is 1. The summed E-state index contributed by atoms with van der Waals surface area (Å²) in [6, 6.07) is 13.3. The molecule has 0 unspecified atom stereocenters. The summed E-state index contributed by atoms with van der Waals surface area (Å²) >= 11 is 0. The second kappa shape index (κ2) is 6.85. The fourth-order valence-electron chi connectivity index (χ4n) is 2.82. The molecule has 0 radical (unpaired) electrons. The van der Waals surface area contributed by atoms with Crippen molar-refractivity contribution in [3.63, 3.8) is 0 Å². The number of benzene rings is 2. The molecule has 0 aliphatic carbocycles. The first-order chi connectivity index (χ1) is 11.9. The lowest BCUT2D eigenvalue weighted by molar-refractivity contribution is -0.117. The molecule has 1 heterocycles. The Balaban J connectivity index is 1.75. The number of carbonyl (C=O) groups is 1. The van der Waals surface area contributed by atoms with Crippen LogP contribution >= 0.6 is 0 Å². The van der Waals surface area contributed by atoms with E-state index in [1.807, 2.05) is 6.92 Å². The van der Waals surface area contributed by atoms with Crippen LogP contribution in [0, 0.1) is 6.92 Å². The van der Waals surface area contributed by atoms with Gasteiger partial charge in [-0.1, -0.05) is 23.8 Å². The molecule has 7 heteroatoms. The monoisotopic (exact) mass is 360 g/mol. The van der Waals surface area contributed by atoms with Gasteiger partial charge in [-0.15, -0.1) is 0 Å². The van der Waals surface area contributed by atoms with Crippen LogP contribution in [0.25, 0.3) is 0 Å². The number of anilines is 1. The first-order valence-electron chi connectivity index (χ1n) is 7.92. The van der Waals surface area contributed by atoms with Gasteiger partial charge in [0.15, 0.2) is 0 Å². The topological polar surface area (TPSA) is 75.7 Å². The molecular formula is C18H20N2O4S. The van der Waals surface area contributed by atoms with Gasteiger partial charge in [0.25, 0.3) is 0 Å². The zero-order valence-corrected chi connectivity index (χ0v) is 14.9. The standard InChI is InChI=1S/C18H20N2O4S/c1-13-6-8-17(9-7-13)25(22,23)19-14-10-18(21)20(12-14)15-4-3-5-16(11-15)24-2/h3-9,11,14,19H,10,12H2,1-2H3/t14-/m0/s1. The quantitative estimate of drug-likeness (QED) is 0.886. The van der Waals surface area contributed by atoms with Crippen molar-refractivity contribution in [3.8, 4) is 5.75 Å². The fourth-order valence-corrected chi connectivity index (χ4v) is 4.05. The van der Waals surface area contributed by atoms with Gasteiger partial charge in [-0.2, -0.15) is 0 Å². The second-order valence-electron chi connectivity index (χ2n) is 6.04. The number of nitrogens with one attached hydrogen (secondary N) is 1. The zero-order valence-electron chi connectivity index (χ0n) is 14.1. The highest BCUT2D eigenvalue weighted by Crippen LogP contribution is 2.26. The third-order valence-corrected chi connectivity index (χ3v) is 5.68. The van der Waals surface area contributed by atoms with E-state index < -0.39 is 16.1 Å². The summed E-state index contributed by atoms with van der Waals surface area (Å²) in [6.45, 7) is 2.18. The summed E-state index contributed by atoms with van der Waals surface area (Å²) in [5.41, 5.74) is 1.68. The minimum absolute atomic E-state index is 0.121. The van der Waals surface area contributed by atoms with Crippen LogP contribution in [0.5, 0.6) is 5.75 Å². The largest absolute Gasteiger partial charge is 0.497 e. The first kappa shape index (κ1) is 17.4. The molecule has 3 rings (SSSR count). The SMILES string of the molecule is COc1cccc(N2C[C@@H](NS(=O)(=O)c3ccc(C)cc3)CC2=O)c1.